The average Bonchev–Trinajstić information content (AvgIpc) is 2.37. The highest BCUT2D eigenvalue weighted by molar-refractivity contribution is 14.1. The molecule has 0 aliphatic heterocycles. The Labute approximate surface area is 132 Å². The molecule has 5 heteroatoms. The SMILES string of the molecule is Cc1cc(-c2nc(N)c(I)c(CC(C)C)n2)ccc1F. The van der Waals surface area contributed by atoms with Crippen molar-refractivity contribution < 1.29 is 4.39 Å². The molecule has 106 valence electrons. The fourth-order valence-corrected chi connectivity index (χ4v) is 2.41. The maximum absolute atomic E-state index is 13.3. The normalized spacial score (nSPS) is 11.1. The number of aryl methyl sites for hydroxylation is 1. The minimum Gasteiger partial charge on any atom is -0.383 e. The first-order valence-corrected chi connectivity index (χ1v) is 7.54. The molecule has 0 unspecified atom stereocenters. The molecule has 0 saturated heterocycles. The first kappa shape index (κ1) is 15.2. The second-order valence-corrected chi connectivity index (χ2v) is 6.33. The van der Waals surface area contributed by atoms with Crippen LogP contribution in [0, 0.1) is 22.2 Å². The van der Waals surface area contributed by atoms with Crippen LogP contribution in [0.2, 0.25) is 0 Å². The Bertz CT molecular complexity index is 641. The van der Waals surface area contributed by atoms with E-state index in [0.717, 1.165) is 21.2 Å². The van der Waals surface area contributed by atoms with Gasteiger partial charge in [-0.3, -0.25) is 0 Å². The van der Waals surface area contributed by atoms with E-state index in [1.54, 1.807) is 19.1 Å². The molecule has 2 N–H and O–H groups in total. The van der Waals surface area contributed by atoms with Crippen LogP contribution in [0.3, 0.4) is 0 Å². The van der Waals surface area contributed by atoms with Crippen molar-refractivity contribution >= 4 is 28.4 Å². The van der Waals surface area contributed by atoms with Gasteiger partial charge in [0.15, 0.2) is 5.82 Å². The minimum atomic E-state index is -0.227. The summed E-state index contributed by atoms with van der Waals surface area (Å²) in [5.41, 5.74) is 8.29. The summed E-state index contributed by atoms with van der Waals surface area (Å²) in [6.07, 6.45) is 0.845. The number of aromatic nitrogens is 2. The van der Waals surface area contributed by atoms with Crippen LogP contribution in [0.4, 0.5) is 10.2 Å². The number of benzene rings is 1. The molecule has 0 saturated carbocycles. The van der Waals surface area contributed by atoms with E-state index in [0.29, 0.717) is 23.1 Å². The van der Waals surface area contributed by atoms with E-state index in [4.69, 9.17) is 5.73 Å². The Hall–Kier alpha value is -1.24. The van der Waals surface area contributed by atoms with Crippen LogP contribution >= 0.6 is 22.6 Å². The van der Waals surface area contributed by atoms with Gasteiger partial charge in [-0.15, -0.1) is 0 Å². The molecule has 0 fully saturated rings. The largest absolute Gasteiger partial charge is 0.383 e. The highest BCUT2D eigenvalue weighted by Crippen LogP contribution is 2.25. The smallest absolute Gasteiger partial charge is 0.161 e. The molecule has 1 aromatic heterocycles. The maximum atomic E-state index is 13.3. The van der Waals surface area contributed by atoms with E-state index in [1.807, 2.05) is 0 Å². The average molecular weight is 385 g/mol. The van der Waals surface area contributed by atoms with E-state index >= 15 is 0 Å². The quantitative estimate of drug-likeness (QED) is 0.814. The Kier molecular flexibility index (Phi) is 4.57. The van der Waals surface area contributed by atoms with Gasteiger partial charge in [0.2, 0.25) is 0 Å². The molecule has 0 bridgehead atoms. The third kappa shape index (κ3) is 3.26. The second-order valence-electron chi connectivity index (χ2n) is 5.26. The molecule has 2 rings (SSSR count). The lowest BCUT2D eigenvalue weighted by Crippen LogP contribution is -2.07. The highest BCUT2D eigenvalue weighted by Gasteiger charge is 2.13. The van der Waals surface area contributed by atoms with Gasteiger partial charge in [-0.05, 0) is 65.6 Å². The van der Waals surface area contributed by atoms with Crippen LogP contribution in [0.5, 0.6) is 0 Å². The molecule has 1 heterocycles. The Morgan fingerprint density at radius 1 is 1.30 bits per heavy atom. The van der Waals surface area contributed by atoms with Crippen molar-refractivity contribution in [2.75, 3.05) is 5.73 Å². The van der Waals surface area contributed by atoms with Gasteiger partial charge in [0.1, 0.15) is 11.6 Å². The molecular formula is C15H17FIN3. The fourth-order valence-electron chi connectivity index (χ4n) is 1.95. The predicted octanol–water partition coefficient (Wildman–Crippen LogP) is 3.98. The summed E-state index contributed by atoms with van der Waals surface area (Å²) < 4.78 is 14.2. The van der Waals surface area contributed by atoms with Crippen molar-refractivity contribution in [2.24, 2.45) is 5.92 Å². The molecule has 0 spiro atoms. The minimum absolute atomic E-state index is 0.227. The number of nitrogens with zero attached hydrogens (tertiary/aromatic N) is 2. The predicted molar refractivity (Wildman–Crippen MR) is 87.8 cm³/mol. The van der Waals surface area contributed by atoms with Crippen LogP contribution in [0.1, 0.15) is 25.1 Å². The lowest BCUT2D eigenvalue weighted by atomic mass is 10.1. The topological polar surface area (TPSA) is 51.8 Å². The van der Waals surface area contributed by atoms with E-state index in [1.165, 1.54) is 6.07 Å². The van der Waals surface area contributed by atoms with Crippen molar-refractivity contribution in [3.63, 3.8) is 0 Å². The number of halogens is 2. The van der Waals surface area contributed by atoms with Crippen molar-refractivity contribution in [1.29, 1.82) is 0 Å². The van der Waals surface area contributed by atoms with Crippen molar-refractivity contribution in [3.8, 4) is 11.4 Å². The summed E-state index contributed by atoms with van der Waals surface area (Å²) in [6, 6.07) is 4.86. The maximum Gasteiger partial charge on any atom is 0.161 e. The zero-order chi connectivity index (χ0) is 14.9. The molecule has 3 nitrogen and oxygen atoms in total. The van der Waals surface area contributed by atoms with Gasteiger partial charge in [0.05, 0.1) is 9.26 Å². The van der Waals surface area contributed by atoms with Crippen LogP contribution in [0.25, 0.3) is 11.4 Å². The summed E-state index contributed by atoms with van der Waals surface area (Å²) in [7, 11) is 0. The standard InChI is InChI=1S/C15H17FIN3/c1-8(2)6-12-13(17)14(18)20-15(19-12)10-4-5-11(16)9(3)7-10/h4-5,7-8H,6H2,1-3H3,(H2,18,19,20). The van der Waals surface area contributed by atoms with Gasteiger partial charge in [-0.2, -0.15) is 0 Å². The van der Waals surface area contributed by atoms with E-state index < -0.39 is 0 Å². The fraction of sp³-hybridized carbons (Fsp3) is 0.333. The first-order chi connectivity index (χ1) is 9.38. The van der Waals surface area contributed by atoms with Crippen LogP contribution in [0.15, 0.2) is 18.2 Å². The second kappa shape index (κ2) is 6.03. The van der Waals surface area contributed by atoms with Crippen LogP contribution in [-0.2, 0) is 6.42 Å². The summed E-state index contributed by atoms with van der Waals surface area (Å²) in [5, 5.41) is 0. The van der Waals surface area contributed by atoms with Crippen LogP contribution in [-0.4, -0.2) is 9.97 Å². The zero-order valence-electron chi connectivity index (χ0n) is 11.7. The van der Waals surface area contributed by atoms with Gasteiger partial charge in [-0.1, -0.05) is 13.8 Å². The molecule has 2 aromatic rings. The molecule has 0 atom stereocenters. The highest BCUT2D eigenvalue weighted by atomic mass is 127. The number of nitrogen functional groups attached to an aromatic ring is 1. The molecule has 1 aromatic carbocycles. The number of nitrogens with two attached hydrogens (primary N) is 1. The molecule has 0 aliphatic carbocycles. The Morgan fingerprint density at radius 2 is 2.00 bits per heavy atom. The van der Waals surface area contributed by atoms with E-state index in [9.17, 15) is 4.39 Å². The van der Waals surface area contributed by atoms with E-state index in [2.05, 4.69) is 46.4 Å². The van der Waals surface area contributed by atoms with Crippen molar-refractivity contribution in [3.05, 3.63) is 38.8 Å². The van der Waals surface area contributed by atoms with Gasteiger partial charge in [0, 0.05) is 5.56 Å². The number of rotatable bonds is 3. The van der Waals surface area contributed by atoms with Crippen molar-refractivity contribution in [1.82, 2.24) is 9.97 Å². The Balaban J connectivity index is 2.51. The lowest BCUT2D eigenvalue weighted by Gasteiger charge is -2.11. The van der Waals surface area contributed by atoms with Gasteiger partial charge >= 0.3 is 0 Å². The first-order valence-electron chi connectivity index (χ1n) is 6.47. The number of anilines is 1. The molecule has 0 amide bonds. The van der Waals surface area contributed by atoms with Gasteiger partial charge in [0.25, 0.3) is 0 Å². The third-order valence-corrected chi connectivity index (χ3v) is 4.14. The lowest BCUT2D eigenvalue weighted by molar-refractivity contribution is 0.618. The number of hydrogen-bond donors (Lipinski definition) is 1. The summed E-state index contributed by atoms with van der Waals surface area (Å²) in [5.74, 6) is 1.30. The molecule has 20 heavy (non-hydrogen) atoms. The molecule has 0 radical (unpaired) electrons. The monoisotopic (exact) mass is 385 g/mol. The van der Waals surface area contributed by atoms with Gasteiger partial charge in [-0.25, -0.2) is 14.4 Å². The third-order valence-electron chi connectivity index (χ3n) is 2.96. The molecular weight excluding hydrogens is 368 g/mol. The van der Waals surface area contributed by atoms with Crippen LogP contribution < -0.4 is 5.73 Å². The zero-order valence-corrected chi connectivity index (χ0v) is 13.9. The Morgan fingerprint density at radius 3 is 2.60 bits per heavy atom. The van der Waals surface area contributed by atoms with Crippen molar-refractivity contribution in [2.45, 2.75) is 27.2 Å². The molecule has 0 aliphatic rings. The summed E-state index contributed by atoms with van der Waals surface area (Å²) in [4.78, 5) is 8.91. The van der Waals surface area contributed by atoms with E-state index in [-0.39, 0.29) is 5.82 Å². The summed E-state index contributed by atoms with van der Waals surface area (Å²) in [6.45, 7) is 6.00. The summed E-state index contributed by atoms with van der Waals surface area (Å²) >= 11 is 2.18. The van der Waals surface area contributed by atoms with Gasteiger partial charge < -0.3 is 5.73 Å². The number of hydrogen-bond acceptors (Lipinski definition) is 3.